The van der Waals surface area contributed by atoms with E-state index in [2.05, 4.69) is 14.3 Å². The van der Waals surface area contributed by atoms with Crippen LogP contribution in [0.25, 0.3) is 0 Å². The first-order valence-corrected chi connectivity index (χ1v) is 5.05. The Bertz CT molecular complexity index is 296. The van der Waals surface area contributed by atoms with Gasteiger partial charge in [0.15, 0.2) is 0 Å². The van der Waals surface area contributed by atoms with E-state index in [1.807, 2.05) is 0 Å². The summed E-state index contributed by atoms with van der Waals surface area (Å²) in [6.45, 7) is 0.915. The lowest BCUT2D eigenvalue weighted by atomic mass is 10.2. The third kappa shape index (κ3) is 2.03. The highest BCUT2D eigenvalue weighted by Gasteiger charge is 2.28. The van der Waals surface area contributed by atoms with Crippen molar-refractivity contribution in [2.45, 2.75) is 25.2 Å². The van der Waals surface area contributed by atoms with Gasteiger partial charge < -0.3 is 4.74 Å². The Morgan fingerprint density at radius 1 is 1.62 bits per heavy atom. The Kier molecular flexibility index (Phi) is 2.54. The van der Waals surface area contributed by atoms with Gasteiger partial charge in [-0.25, -0.2) is 0 Å². The summed E-state index contributed by atoms with van der Waals surface area (Å²) >= 11 is 1.41. The Balaban J connectivity index is 1.94. The second kappa shape index (κ2) is 3.83. The molecule has 2 rings (SSSR count). The van der Waals surface area contributed by atoms with Crippen LogP contribution in [0.15, 0.2) is 0 Å². The minimum atomic E-state index is 0.438. The molecule has 70 valence electrons. The van der Waals surface area contributed by atoms with Crippen LogP contribution in [0.4, 0.5) is 0 Å². The van der Waals surface area contributed by atoms with Crippen LogP contribution in [0.2, 0.25) is 0 Å². The fraction of sp³-hybridized carbons (Fsp3) is 0.625. The molecule has 1 aromatic rings. The van der Waals surface area contributed by atoms with E-state index < -0.39 is 0 Å². The average molecular weight is 198 g/mol. The summed E-state index contributed by atoms with van der Waals surface area (Å²) in [5.74, 6) is 0.630. The minimum absolute atomic E-state index is 0.438. The Labute approximate surface area is 80.1 Å². The molecule has 1 aliphatic rings. The Hall–Kier alpha value is -0.970. The van der Waals surface area contributed by atoms with Crippen LogP contribution >= 0.6 is 11.5 Å². The lowest BCUT2D eigenvalue weighted by Crippen LogP contribution is -1.97. The van der Waals surface area contributed by atoms with E-state index in [1.54, 1.807) is 0 Å². The average Bonchev–Trinajstić information content (AvgIpc) is 2.88. The van der Waals surface area contributed by atoms with Crippen molar-refractivity contribution in [2.75, 3.05) is 6.61 Å². The molecule has 0 aliphatic heterocycles. The van der Waals surface area contributed by atoms with Crippen molar-refractivity contribution >= 4 is 18.0 Å². The molecule has 1 fully saturated rings. The van der Waals surface area contributed by atoms with Gasteiger partial charge in [-0.05, 0) is 24.4 Å². The molecule has 0 atom stereocenters. The van der Waals surface area contributed by atoms with Crippen LogP contribution in [0.3, 0.4) is 0 Å². The summed E-state index contributed by atoms with van der Waals surface area (Å²) in [7, 11) is 0. The zero-order chi connectivity index (χ0) is 9.10. The number of carbonyl (C=O) groups is 1. The topological polar surface area (TPSA) is 52.1 Å². The number of aromatic nitrogens is 2. The lowest BCUT2D eigenvalue weighted by Gasteiger charge is -1.97. The standard InChI is InChI=1S/C8H10N2O2S/c11-5-12-4-3-7-8(6-1-2-6)9-10-13-7/h5-6H,1-4H2. The van der Waals surface area contributed by atoms with Crippen LogP contribution in [-0.4, -0.2) is 22.7 Å². The van der Waals surface area contributed by atoms with Gasteiger partial charge in [-0.15, -0.1) is 5.10 Å². The lowest BCUT2D eigenvalue weighted by molar-refractivity contribution is -0.128. The van der Waals surface area contributed by atoms with Crippen molar-refractivity contribution < 1.29 is 9.53 Å². The van der Waals surface area contributed by atoms with Gasteiger partial charge in [0.05, 0.1) is 17.2 Å². The number of hydrogen-bond donors (Lipinski definition) is 0. The molecular weight excluding hydrogens is 188 g/mol. The van der Waals surface area contributed by atoms with Crippen molar-refractivity contribution in [2.24, 2.45) is 0 Å². The first-order valence-electron chi connectivity index (χ1n) is 4.28. The van der Waals surface area contributed by atoms with Crippen molar-refractivity contribution in [3.63, 3.8) is 0 Å². The molecule has 1 aliphatic carbocycles. The van der Waals surface area contributed by atoms with E-state index in [4.69, 9.17) is 0 Å². The van der Waals surface area contributed by atoms with Crippen molar-refractivity contribution in [3.05, 3.63) is 10.6 Å². The third-order valence-corrected chi connectivity index (χ3v) is 2.86. The van der Waals surface area contributed by atoms with Gasteiger partial charge in [0.2, 0.25) is 0 Å². The summed E-state index contributed by atoms with van der Waals surface area (Å²) in [6, 6.07) is 0. The quantitative estimate of drug-likeness (QED) is 0.525. The van der Waals surface area contributed by atoms with Gasteiger partial charge >= 0.3 is 0 Å². The van der Waals surface area contributed by atoms with Crippen molar-refractivity contribution in [3.8, 4) is 0 Å². The first kappa shape index (κ1) is 8.62. The van der Waals surface area contributed by atoms with E-state index >= 15 is 0 Å². The molecule has 0 aromatic carbocycles. The molecule has 0 spiro atoms. The van der Waals surface area contributed by atoms with E-state index in [0.29, 0.717) is 19.0 Å². The fourth-order valence-electron chi connectivity index (χ4n) is 1.26. The molecule has 0 saturated heterocycles. The molecule has 0 unspecified atom stereocenters. The van der Waals surface area contributed by atoms with E-state index in [1.165, 1.54) is 29.3 Å². The third-order valence-electron chi connectivity index (χ3n) is 2.06. The number of carbonyl (C=O) groups excluding carboxylic acids is 1. The van der Waals surface area contributed by atoms with Gasteiger partial charge in [-0.2, -0.15) is 0 Å². The van der Waals surface area contributed by atoms with Gasteiger partial charge in [0.1, 0.15) is 0 Å². The Morgan fingerprint density at radius 2 is 2.46 bits per heavy atom. The van der Waals surface area contributed by atoms with Crippen LogP contribution in [0.5, 0.6) is 0 Å². The van der Waals surface area contributed by atoms with E-state index in [9.17, 15) is 4.79 Å². The summed E-state index contributed by atoms with van der Waals surface area (Å²) < 4.78 is 8.54. The maximum absolute atomic E-state index is 9.91. The largest absolute Gasteiger partial charge is 0.468 e. The number of rotatable bonds is 5. The zero-order valence-electron chi connectivity index (χ0n) is 7.10. The summed E-state index contributed by atoms with van der Waals surface area (Å²) in [6.07, 6.45) is 3.21. The molecule has 1 aromatic heterocycles. The summed E-state index contributed by atoms with van der Waals surface area (Å²) in [5, 5.41) is 4.08. The Morgan fingerprint density at radius 3 is 3.15 bits per heavy atom. The molecule has 0 bridgehead atoms. The highest BCUT2D eigenvalue weighted by Crippen LogP contribution is 2.41. The van der Waals surface area contributed by atoms with Crippen LogP contribution in [0, 0.1) is 0 Å². The molecule has 4 nitrogen and oxygen atoms in total. The molecule has 1 heterocycles. The number of nitrogens with zero attached hydrogens (tertiary/aromatic N) is 2. The van der Waals surface area contributed by atoms with E-state index in [0.717, 1.165) is 12.1 Å². The molecule has 0 radical (unpaired) electrons. The molecule has 1 saturated carbocycles. The monoisotopic (exact) mass is 198 g/mol. The zero-order valence-corrected chi connectivity index (χ0v) is 7.92. The molecule has 13 heavy (non-hydrogen) atoms. The van der Waals surface area contributed by atoms with E-state index in [-0.39, 0.29) is 0 Å². The SMILES string of the molecule is O=COCCc1snnc1C1CC1. The molecule has 0 N–H and O–H groups in total. The highest BCUT2D eigenvalue weighted by atomic mass is 32.1. The number of hydrogen-bond acceptors (Lipinski definition) is 5. The van der Waals surface area contributed by atoms with Crippen LogP contribution in [0.1, 0.15) is 29.3 Å². The van der Waals surface area contributed by atoms with Crippen LogP contribution in [-0.2, 0) is 16.0 Å². The fourth-order valence-corrected chi connectivity index (χ4v) is 1.96. The summed E-state index contributed by atoms with van der Waals surface area (Å²) in [5.41, 5.74) is 1.12. The predicted octanol–water partition coefficient (Wildman–Crippen LogP) is 1.13. The molecule has 0 amide bonds. The van der Waals surface area contributed by atoms with Crippen molar-refractivity contribution in [1.82, 2.24) is 9.59 Å². The van der Waals surface area contributed by atoms with Gasteiger partial charge in [0, 0.05) is 12.3 Å². The molecular formula is C8H10N2O2S. The second-order valence-electron chi connectivity index (χ2n) is 3.07. The molecule has 5 heteroatoms. The summed E-state index contributed by atoms with van der Waals surface area (Å²) in [4.78, 5) is 11.1. The maximum atomic E-state index is 9.91. The number of ether oxygens (including phenoxy) is 1. The predicted molar refractivity (Wildman–Crippen MR) is 47.6 cm³/mol. The van der Waals surface area contributed by atoms with Crippen molar-refractivity contribution in [1.29, 1.82) is 0 Å². The highest BCUT2D eigenvalue weighted by molar-refractivity contribution is 7.05. The second-order valence-corrected chi connectivity index (χ2v) is 3.91. The normalized spacial score (nSPS) is 15.7. The maximum Gasteiger partial charge on any atom is 0.293 e. The van der Waals surface area contributed by atoms with Gasteiger partial charge in [0.25, 0.3) is 6.47 Å². The van der Waals surface area contributed by atoms with Gasteiger partial charge in [-0.3, -0.25) is 4.79 Å². The first-order chi connectivity index (χ1) is 6.42. The smallest absolute Gasteiger partial charge is 0.293 e. The minimum Gasteiger partial charge on any atom is -0.468 e. The van der Waals surface area contributed by atoms with Crippen LogP contribution < -0.4 is 0 Å². The van der Waals surface area contributed by atoms with Gasteiger partial charge in [-0.1, -0.05) is 4.49 Å².